The lowest BCUT2D eigenvalue weighted by molar-refractivity contribution is -0.131. The Morgan fingerprint density at radius 1 is 1.62 bits per heavy atom. The van der Waals surface area contributed by atoms with Gasteiger partial charge in [0.05, 0.1) is 18.5 Å². The second-order valence-corrected chi connectivity index (χ2v) is 2.89. The van der Waals surface area contributed by atoms with E-state index < -0.39 is 5.97 Å². The minimum absolute atomic E-state index is 0.447. The molecule has 1 aromatic rings. The summed E-state index contributed by atoms with van der Waals surface area (Å²) < 4.78 is 5.28. The monoisotopic (exact) mass is 217 g/mol. The molecule has 0 amide bonds. The van der Waals surface area contributed by atoms with Gasteiger partial charge in [-0.1, -0.05) is 0 Å². The van der Waals surface area contributed by atoms with E-state index in [9.17, 15) is 4.79 Å². The van der Waals surface area contributed by atoms with Gasteiger partial charge in [-0.15, -0.1) is 12.3 Å². The first kappa shape index (κ1) is 11.8. The molecule has 0 spiro atoms. The number of pyridine rings is 1. The number of ether oxygens (including phenoxy) is 1. The van der Waals surface area contributed by atoms with E-state index in [2.05, 4.69) is 10.9 Å². The van der Waals surface area contributed by atoms with Gasteiger partial charge >= 0.3 is 5.97 Å². The van der Waals surface area contributed by atoms with Gasteiger partial charge in [-0.3, -0.25) is 4.98 Å². The summed E-state index contributed by atoms with van der Waals surface area (Å²) in [5.74, 6) is 2.07. The maximum absolute atomic E-state index is 10.3. The van der Waals surface area contributed by atoms with Crippen LogP contribution in [-0.4, -0.2) is 22.7 Å². The zero-order valence-electron chi connectivity index (χ0n) is 8.59. The maximum atomic E-state index is 10.3. The molecule has 1 aromatic heterocycles. The lowest BCUT2D eigenvalue weighted by Gasteiger charge is -2.02. The zero-order valence-corrected chi connectivity index (χ0v) is 8.59. The molecular formula is C12H11NO3. The van der Waals surface area contributed by atoms with E-state index in [4.69, 9.17) is 16.3 Å². The van der Waals surface area contributed by atoms with Crippen molar-refractivity contribution < 1.29 is 14.6 Å². The molecule has 1 heterocycles. The third-order valence-corrected chi connectivity index (χ3v) is 1.67. The molecule has 0 saturated carbocycles. The van der Waals surface area contributed by atoms with E-state index in [-0.39, 0.29) is 0 Å². The molecule has 16 heavy (non-hydrogen) atoms. The molecule has 0 aliphatic rings. The van der Waals surface area contributed by atoms with E-state index in [1.165, 1.54) is 12.3 Å². The summed E-state index contributed by atoms with van der Waals surface area (Å²) in [6.07, 6.45) is 9.58. The van der Waals surface area contributed by atoms with Gasteiger partial charge < -0.3 is 9.84 Å². The van der Waals surface area contributed by atoms with E-state index >= 15 is 0 Å². The average Bonchev–Trinajstić information content (AvgIpc) is 2.28. The van der Waals surface area contributed by atoms with Gasteiger partial charge in [0.1, 0.15) is 5.75 Å². The number of rotatable bonds is 5. The van der Waals surface area contributed by atoms with Crippen LogP contribution in [0.5, 0.6) is 5.75 Å². The van der Waals surface area contributed by atoms with Gasteiger partial charge in [-0.05, 0) is 18.2 Å². The number of terminal acetylenes is 1. The molecule has 4 nitrogen and oxygen atoms in total. The van der Waals surface area contributed by atoms with Crippen molar-refractivity contribution in [3.05, 3.63) is 30.1 Å². The van der Waals surface area contributed by atoms with Crippen molar-refractivity contribution in [2.75, 3.05) is 6.61 Å². The summed E-state index contributed by atoms with van der Waals surface area (Å²) in [6.45, 7) is 0.447. The van der Waals surface area contributed by atoms with Gasteiger partial charge in [0, 0.05) is 12.5 Å². The van der Waals surface area contributed by atoms with Crippen molar-refractivity contribution in [1.29, 1.82) is 0 Å². The number of hydrogen-bond donors (Lipinski definition) is 1. The third-order valence-electron chi connectivity index (χ3n) is 1.67. The van der Waals surface area contributed by atoms with Crippen LogP contribution in [-0.2, 0) is 4.79 Å². The predicted octanol–water partition coefficient (Wildman–Crippen LogP) is 1.58. The highest BCUT2D eigenvalue weighted by Gasteiger charge is 1.94. The zero-order chi connectivity index (χ0) is 11.8. The number of nitrogens with zero attached hydrogens (tertiary/aromatic N) is 1. The van der Waals surface area contributed by atoms with Crippen molar-refractivity contribution in [1.82, 2.24) is 4.98 Å². The Morgan fingerprint density at radius 2 is 2.44 bits per heavy atom. The molecule has 82 valence electrons. The van der Waals surface area contributed by atoms with Crippen LogP contribution in [0.1, 0.15) is 12.1 Å². The van der Waals surface area contributed by atoms with Crippen molar-refractivity contribution in [3.63, 3.8) is 0 Å². The van der Waals surface area contributed by atoms with Crippen molar-refractivity contribution in [3.8, 4) is 18.1 Å². The van der Waals surface area contributed by atoms with Crippen LogP contribution >= 0.6 is 0 Å². The summed E-state index contributed by atoms with van der Waals surface area (Å²) in [5.41, 5.74) is 0.562. The van der Waals surface area contributed by atoms with Crippen LogP contribution in [0.15, 0.2) is 24.4 Å². The largest absolute Gasteiger partial charge is 0.491 e. The highest BCUT2D eigenvalue weighted by atomic mass is 16.5. The number of hydrogen-bond acceptors (Lipinski definition) is 3. The van der Waals surface area contributed by atoms with Gasteiger partial charge in [-0.25, -0.2) is 4.79 Å². The molecule has 0 aromatic carbocycles. The van der Waals surface area contributed by atoms with Crippen LogP contribution in [0.3, 0.4) is 0 Å². The molecule has 0 aliphatic heterocycles. The topological polar surface area (TPSA) is 59.4 Å². The Balaban J connectivity index is 2.54. The first-order valence-electron chi connectivity index (χ1n) is 4.65. The number of carboxylic acid groups (broad SMARTS) is 1. The summed E-state index contributed by atoms with van der Waals surface area (Å²) in [6, 6.07) is 3.38. The second-order valence-electron chi connectivity index (χ2n) is 2.89. The smallest absolute Gasteiger partial charge is 0.328 e. The Bertz CT molecular complexity index is 415. The van der Waals surface area contributed by atoms with Crippen LogP contribution in [0.25, 0.3) is 6.08 Å². The van der Waals surface area contributed by atoms with Gasteiger partial charge in [-0.2, -0.15) is 0 Å². The van der Waals surface area contributed by atoms with Crippen LogP contribution in [0.4, 0.5) is 0 Å². The van der Waals surface area contributed by atoms with Crippen LogP contribution in [0, 0.1) is 12.3 Å². The highest BCUT2D eigenvalue weighted by Crippen LogP contribution is 2.10. The molecule has 0 aliphatic carbocycles. The van der Waals surface area contributed by atoms with Crippen molar-refractivity contribution in [2.24, 2.45) is 0 Å². The normalized spacial score (nSPS) is 9.94. The fourth-order valence-electron chi connectivity index (χ4n) is 0.960. The first-order chi connectivity index (χ1) is 7.72. The summed E-state index contributed by atoms with van der Waals surface area (Å²) in [4.78, 5) is 14.3. The molecule has 1 rings (SSSR count). The lowest BCUT2D eigenvalue weighted by atomic mass is 10.3. The second kappa shape index (κ2) is 6.25. The number of carbonyl (C=O) groups is 1. The molecule has 0 saturated heterocycles. The fraction of sp³-hybridized carbons (Fsp3) is 0.167. The summed E-state index contributed by atoms with van der Waals surface area (Å²) in [5, 5.41) is 8.41. The highest BCUT2D eigenvalue weighted by molar-refractivity contribution is 5.84. The first-order valence-corrected chi connectivity index (χ1v) is 4.65. The Morgan fingerprint density at radius 3 is 3.00 bits per heavy atom. The third kappa shape index (κ3) is 4.29. The van der Waals surface area contributed by atoms with E-state index in [0.717, 1.165) is 6.08 Å². The van der Waals surface area contributed by atoms with Gasteiger partial charge in [0.15, 0.2) is 0 Å². The average molecular weight is 217 g/mol. The Kier molecular flexibility index (Phi) is 4.61. The molecule has 0 unspecified atom stereocenters. The molecule has 0 radical (unpaired) electrons. The Hall–Kier alpha value is -2.28. The quantitative estimate of drug-likeness (QED) is 0.462. The summed E-state index contributed by atoms with van der Waals surface area (Å²) >= 11 is 0. The number of aromatic nitrogens is 1. The lowest BCUT2D eigenvalue weighted by Crippen LogP contribution is -1.96. The van der Waals surface area contributed by atoms with Gasteiger partial charge in [0.25, 0.3) is 0 Å². The van der Waals surface area contributed by atoms with Crippen LogP contribution < -0.4 is 4.74 Å². The van der Waals surface area contributed by atoms with E-state index in [1.807, 2.05) is 0 Å². The predicted molar refractivity (Wildman–Crippen MR) is 59.9 cm³/mol. The molecular weight excluding hydrogens is 206 g/mol. The number of carboxylic acids is 1. The molecule has 1 N–H and O–H groups in total. The standard InChI is InChI=1S/C12H11NO3/c1-2-3-8-16-11-6-4-10(13-9-11)5-7-12(14)15/h1,4-7,9H,3,8H2,(H,14,15). The van der Waals surface area contributed by atoms with E-state index in [0.29, 0.717) is 24.5 Å². The molecule has 4 heteroatoms. The molecule has 0 fully saturated rings. The molecule has 0 atom stereocenters. The minimum Gasteiger partial charge on any atom is -0.491 e. The fourth-order valence-corrected chi connectivity index (χ4v) is 0.960. The van der Waals surface area contributed by atoms with Crippen molar-refractivity contribution >= 4 is 12.0 Å². The van der Waals surface area contributed by atoms with Gasteiger partial charge in [0.2, 0.25) is 0 Å². The molecule has 0 bridgehead atoms. The van der Waals surface area contributed by atoms with E-state index in [1.54, 1.807) is 12.1 Å². The van der Waals surface area contributed by atoms with Crippen molar-refractivity contribution in [2.45, 2.75) is 6.42 Å². The number of aliphatic carboxylic acids is 1. The Labute approximate surface area is 93.6 Å². The maximum Gasteiger partial charge on any atom is 0.328 e. The van der Waals surface area contributed by atoms with Crippen LogP contribution in [0.2, 0.25) is 0 Å². The summed E-state index contributed by atoms with van der Waals surface area (Å²) in [7, 11) is 0. The SMILES string of the molecule is C#CCCOc1ccc(C=CC(=O)O)nc1. The minimum atomic E-state index is -1.00.